The Hall–Kier alpha value is -2.51. The Morgan fingerprint density at radius 3 is 2.77 bits per heavy atom. The number of nitrogens with one attached hydrogen (secondary N) is 1. The van der Waals surface area contributed by atoms with Crippen LogP contribution < -0.4 is 5.73 Å². The molecule has 4 N–H and O–H groups in total. The van der Waals surface area contributed by atoms with Crippen LogP contribution in [0, 0.1) is 5.92 Å². The van der Waals surface area contributed by atoms with Crippen LogP contribution in [0.3, 0.4) is 0 Å². The van der Waals surface area contributed by atoms with E-state index in [0.717, 1.165) is 12.0 Å². The van der Waals surface area contributed by atoms with E-state index < -0.39 is 11.9 Å². The molecule has 0 aliphatic rings. The predicted molar refractivity (Wildman–Crippen MR) is 79.9 cm³/mol. The van der Waals surface area contributed by atoms with Crippen LogP contribution in [0.4, 0.5) is 5.82 Å². The maximum absolute atomic E-state index is 11.6. The van der Waals surface area contributed by atoms with E-state index >= 15 is 0 Å². The maximum atomic E-state index is 11.6. The van der Waals surface area contributed by atoms with Crippen molar-refractivity contribution in [1.29, 1.82) is 0 Å². The van der Waals surface area contributed by atoms with Crippen molar-refractivity contribution >= 4 is 11.8 Å². The topological polar surface area (TPSA) is 131 Å². The highest BCUT2D eigenvalue weighted by Crippen LogP contribution is 2.30. The number of aliphatic carboxylic acids is 1. The smallest absolute Gasteiger partial charge is 0.307 e. The average molecular weight is 304 g/mol. The number of anilines is 1. The zero-order chi connectivity index (χ0) is 15.9. The molecule has 0 radical (unpaired) electrons. The van der Waals surface area contributed by atoms with Crippen molar-refractivity contribution in [3.8, 4) is 0 Å². The highest BCUT2D eigenvalue weighted by molar-refractivity contribution is 5.71. The Balaban J connectivity index is 2.14. The summed E-state index contributed by atoms with van der Waals surface area (Å²) in [5.41, 5.74) is 6.57. The third kappa shape index (κ3) is 4.00. The summed E-state index contributed by atoms with van der Waals surface area (Å²) in [5, 5.41) is 23.4. The number of carboxylic acid groups (broad SMARTS) is 1. The molecule has 0 saturated carbocycles. The monoisotopic (exact) mass is 304 g/mol. The van der Waals surface area contributed by atoms with Gasteiger partial charge in [0.25, 0.3) is 0 Å². The Bertz CT molecular complexity index is 584. The zero-order valence-corrected chi connectivity index (χ0v) is 12.4. The Kier molecular flexibility index (Phi) is 5.40. The van der Waals surface area contributed by atoms with Gasteiger partial charge in [-0.15, -0.1) is 10.2 Å². The third-order valence-electron chi connectivity index (χ3n) is 3.69. The molecule has 0 aromatic carbocycles. The van der Waals surface area contributed by atoms with Crippen LogP contribution in [-0.2, 0) is 11.2 Å². The van der Waals surface area contributed by atoms with E-state index in [-0.39, 0.29) is 5.92 Å². The Labute approximate surface area is 128 Å². The predicted octanol–water partition coefficient (Wildman–Crippen LogP) is 1.39. The van der Waals surface area contributed by atoms with Gasteiger partial charge in [-0.05, 0) is 30.9 Å². The number of aromatic amines is 1. The molecule has 0 saturated heterocycles. The van der Waals surface area contributed by atoms with Crippen molar-refractivity contribution in [2.45, 2.75) is 38.5 Å². The van der Waals surface area contributed by atoms with Crippen molar-refractivity contribution in [2.75, 3.05) is 5.73 Å². The number of rotatable bonds is 8. The number of hydrogen-bond acceptors (Lipinski definition) is 6. The SMILES string of the molecule is CCC[C@H](C(=O)O)[C@H](CCc1ccc(N)nc1)c1nn[nH]n1. The van der Waals surface area contributed by atoms with Crippen LogP contribution in [0.25, 0.3) is 0 Å². The Morgan fingerprint density at radius 2 is 2.23 bits per heavy atom. The molecule has 22 heavy (non-hydrogen) atoms. The summed E-state index contributed by atoms with van der Waals surface area (Å²) >= 11 is 0. The number of aryl methyl sites for hydroxylation is 1. The second-order valence-electron chi connectivity index (χ2n) is 5.24. The van der Waals surface area contributed by atoms with Crippen LogP contribution >= 0.6 is 0 Å². The normalized spacial score (nSPS) is 13.7. The highest BCUT2D eigenvalue weighted by Gasteiger charge is 2.31. The van der Waals surface area contributed by atoms with E-state index in [4.69, 9.17) is 5.73 Å². The van der Waals surface area contributed by atoms with Crippen LogP contribution in [0.1, 0.15) is 43.5 Å². The van der Waals surface area contributed by atoms with Gasteiger partial charge in [0.15, 0.2) is 5.82 Å². The summed E-state index contributed by atoms with van der Waals surface area (Å²) in [6, 6.07) is 3.63. The van der Waals surface area contributed by atoms with Gasteiger partial charge in [-0.2, -0.15) is 5.21 Å². The molecule has 2 rings (SSSR count). The van der Waals surface area contributed by atoms with Gasteiger partial charge >= 0.3 is 5.97 Å². The molecule has 0 amide bonds. The number of aromatic nitrogens is 5. The highest BCUT2D eigenvalue weighted by atomic mass is 16.4. The molecule has 0 bridgehead atoms. The van der Waals surface area contributed by atoms with Crippen LogP contribution in [0.15, 0.2) is 18.3 Å². The van der Waals surface area contributed by atoms with Gasteiger partial charge < -0.3 is 10.8 Å². The van der Waals surface area contributed by atoms with E-state index in [9.17, 15) is 9.90 Å². The molecule has 0 aliphatic heterocycles. The number of pyridine rings is 1. The summed E-state index contributed by atoms with van der Waals surface area (Å²) in [6.07, 6.45) is 4.36. The lowest BCUT2D eigenvalue weighted by atomic mass is 9.84. The molecule has 0 spiro atoms. The number of nitrogens with two attached hydrogens (primary N) is 1. The number of nitrogens with zero attached hydrogens (tertiary/aromatic N) is 4. The third-order valence-corrected chi connectivity index (χ3v) is 3.69. The van der Waals surface area contributed by atoms with Crippen molar-refractivity contribution in [3.05, 3.63) is 29.7 Å². The summed E-state index contributed by atoms with van der Waals surface area (Å²) in [7, 11) is 0. The van der Waals surface area contributed by atoms with Gasteiger partial charge in [0.2, 0.25) is 0 Å². The van der Waals surface area contributed by atoms with E-state index in [2.05, 4.69) is 25.6 Å². The molecule has 0 aliphatic carbocycles. The van der Waals surface area contributed by atoms with Crippen LogP contribution in [-0.4, -0.2) is 36.7 Å². The maximum Gasteiger partial charge on any atom is 0.307 e. The number of carbonyl (C=O) groups is 1. The lowest BCUT2D eigenvalue weighted by Gasteiger charge is -2.20. The van der Waals surface area contributed by atoms with Gasteiger partial charge in [-0.1, -0.05) is 24.6 Å². The average Bonchev–Trinajstić information content (AvgIpc) is 3.02. The number of tetrazole rings is 1. The fourth-order valence-corrected chi connectivity index (χ4v) is 2.55. The molecule has 8 heteroatoms. The minimum absolute atomic E-state index is 0.284. The molecule has 0 fully saturated rings. The summed E-state index contributed by atoms with van der Waals surface area (Å²) < 4.78 is 0. The van der Waals surface area contributed by atoms with Gasteiger partial charge in [-0.25, -0.2) is 4.98 Å². The number of carboxylic acids is 1. The lowest BCUT2D eigenvalue weighted by Crippen LogP contribution is -2.23. The molecule has 8 nitrogen and oxygen atoms in total. The van der Waals surface area contributed by atoms with Crippen molar-refractivity contribution in [1.82, 2.24) is 25.6 Å². The molecular formula is C14H20N6O2. The van der Waals surface area contributed by atoms with Gasteiger partial charge in [0.1, 0.15) is 5.82 Å². The first-order valence-electron chi connectivity index (χ1n) is 7.28. The van der Waals surface area contributed by atoms with Crippen LogP contribution in [0.2, 0.25) is 0 Å². The number of H-pyrrole nitrogens is 1. The number of hydrogen-bond donors (Lipinski definition) is 3. The first-order valence-corrected chi connectivity index (χ1v) is 7.28. The van der Waals surface area contributed by atoms with E-state index in [1.165, 1.54) is 0 Å². The van der Waals surface area contributed by atoms with Gasteiger partial charge in [0, 0.05) is 12.1 Å². The zero-order valence-electron chi connectivity index (χ0n) is 12.4. The van der Waals surface area contributed by atoms with Crippen molar-refractivity contribution < 1.29 is 9.90 Å². The molecule has 2 aromatic rings. The molecule has 2 heterocycles. The first-order chi connectivity index (χ1) is 10.6. The lowest BCUT2D eigenvalue weighted by molar-refractivity contribution is -0.143. The molecule has 2 aromatic heterocycles. The van der Waals surface area contributed by atoms with Gasteiger partial charge in [0.05, 0.1) is 5.92 Å². The molecule has 2 atom stereocenters. The summed E-state index contributed by atoms with van der Waals surface area (Å²) in [6.45, 7) is 1.97. The first kappa shape index (κ1) is 15.9. The molecular weight excluding hydrogens is 284 g/mol. The second-order valence-corrected chi connectivity index (χ2v) is 5.24. The fourth-order valence-electron chi connectivity index (χ4n) is 2.55. The van der Waals surface area contributed by atoms with E-state index in [1.807, 2.05) is 13.0 Å². The number of nitrogen functional groups attached to an aromatic ring is 1. The largest absolute Gasteiger partial charge is 0.481 e. The molecule has 0 unspecified atom stereocenters. The van der Waals surface area contributed by atoms with Crippen molar-refractivity contribution in [3.63, 3.8) is 0 Å². The Morgan fingerprint density at radius 1 is 1.41 bits per heavy atom. The van der Waals surface area contributed by atoms with Crippen LogP contribution in [0.5, 0.6) is 0 Å². The minimum atomic E-state index is -0.827. The fraction of sp³-hybridized carbons (Fsp3) is 0.500. The molecule has 118 valence electrons. The van der Waals surface area contributed by atoms with Crippen molar-refractivity contribution in [2.24, 2.45) is 5.92 Å². The second kappa shape index (κ2) is 7.48. The quantitative estimate of drug-likeness (QED) is 0.671. The standard InChI is InChI=1S/C14H20N6O2/c1-2-3-11(14(21)22)10(13-17-19-20-18-13)6-4-9-5-7-12(15)16-8-9/h5,7-8,10-11H,2-4,6H2,1H3,(H2,15,16)(H,21,22)(H,17,18,19,20)/t10-,11-/m0/s1. The summed E-state index contributed by atoms with van der Waals surface area (Å²) in [5.74, 6) is -0.720. The van der Waals surface area contributed by atoms with E-state index in [0.29, 0.717) is 30.9 Å². The summed E-state index contributed by atoms with van der Waals surface area (Å²) in [4.78, 5) is 15.6. The minimum Gasteiger partial charge on any atom is -0.481 e. The van der Waals surface area contributed by atoms with E-state index in [1.54, 1.807) is 12.3 Å². The van der Waals surface area contributed by atoms with Gasteiger partial charge in [-0.3, -0.25) is 4.79 Å².